The normalized spacial score (nSPS) is 11.7. The molecule has 0 spiro atoms. The van der Waals surface area contributed by atoms with E-state index in [1.807, 2.05) is 11.3 Å². The fraction of sp³-hybridized carbons (Fsp3) is 0. The van der Waals surface area contributed by atoms with Gasteiger partial charge in [-0.3, -0.25) is 0 Å². The van der Waals surface area contributed by atoms with E-state index in [9.17, 15) is 0 Å². The maximum Gasteiger partial charge on any atom is 0.0547 e. The first-order valence-corrected chi connectivity index (χ1v) is 14.7. The number of benzene rings is 6. The third-order valence-electron chi connectivity index (χ3n) is 7.69. The topological polar surface area (TPSA) is 4.93 Å². The van der Waals surface area contributed by atoms with Crippen molar-refractivity contribution < 1.29 is 0 Å². The number of halogens is 1. The molecule has 2 aromatic heterocycles. The third kappa shape index (κ3) is 3.65. The first kappa shape index (κ1) is 22.8. The molecule has 39 heavy (non-hydrogen) atoms. The van der Waals surface area contributed by atoms with Crippen molar-refractivity contribution in [2.75, 3.05) is 0 Å². The van der Waals surface area contributed by atoms with Crippen molar-refractivity contribution in [2.24, 2.45) is 0 Å². The molecule has 0 aliphatic carbocycles. The summed E-state index contributed by atoms with van der Waals surface area (Å²) in [4.78, 5) is 0. The Hall–Kier alpha value is -4.18. The second kappa shape index (κ2) is 8.94. The van der Waals surface area contributed by atoms with Crippen LogP contribution in [-0.4, -0.2) is 4.57 Å². The van der Waals surface area contributed by atoms with E-state index in [-0.39, 0.29) is 0 Å². The van der Waals surface area contributed by atoms with E-state index < -0.39 is 0 Å². The molecule has 2 heterocycles. The molecule has 0 bridgehead atoms. The van der Waals surface area contributed by atoms with Gasteiger partial charge in [-0.2, -0.15) is 0 Å². The summed E-state index contributed by atoms with van der Waals surface area (Å²) in [6.45, 7) is 0. The minimum Gasteiger partial charge on any atom is -0.309 e. The molecule has 0 amide bonds. The Balaban J connectivity index is 1.38. The summed E-state index contributed by atoms with van der Waals surface area (Å²) in [5.74, 6) is 0. The largest absolute Gasteiger partial charge is 0.309 e. The Bertz CT molecular complexity index is 2180. The predicted octanol–water partition coefficient (Wildman–Crippen LogP) is 11.2. The van der Waals surface area contributed by atoms with Crippen molar-refractivity contribution >= 4 is 69.2 Å². The first-order chi connectivity index (χ1) is 19.2. The van der Waals surface area contributed by atoms with Crippen molar-refractivity contribution in [3.8, 4) is 27.9 Å². The maximum absolute atomic E-state index is 3.58. The molecule has 0 unspecified atom stereocenters. The quantitative estimate of drug-likeness (QED) is 0.196. The number of para-hydroxylation sites is 1. The Labute approximate surface area is 238 Å². The monoisotopic (exact) mass is 579 g/mol. The highest BCUT2D eigenvalue weighted by Crippen LogP contribution is 2.40. The smallest absolute Gasteiger partial charge is 0.0547 e. The van der Waals surface area contributed by atoms with Crippen LogP contribution in [0.3, 0.4) is 0 Å². The van der Waals surface area contributed by atoms with E-state index in [1.54, 1.807) is 0 Å². The molecule has 6 aromatic carbocycles. The number of fused-ring (bicyclic) bond motifs is 6. The van der Waals surface area contributed by atoms with Gasteiger partial charge >= 0.3 is 0 Å². The summed E-state index contributed by atoms with van der Waals surface area (Å²) in [6.07, 6.45) is 0. The fourth-order valence-corrected chi connectivity index (χ4v) is 7.29. The van der Waals surface area contributed by atoms with Gasteiger partial charge in [0.25, 0.3) is 0 Å². The SMILES string of the molecule is Brc1ccc(-c2ccccc2-c2ccc3c4ccccc4n(-c4ccc5c(c4)sc4ccccc45)c3c2)cc1. The molecule has 184 valence electrons. The van der Waals surface area contributed by atoms with Crippen molar-refractivity contribution in [3.63, 3.8) is 0 Å². The number of hydrogen-bond acceptors (Lipinski definition) is 1. The van der Waals surface area contributed by atoms with Crippen LogP contribution in [0.1, 0.15) is 0 Å². The van der Waals surface area contributed by atoms with Gasteiger partial charge in [0.1, 0.15) is 0 Å². The molecule has 1 nitrogen and oxygen atoms in total. The van der Waals surface area contributed by atoms with Crippen LogP contribution in [0.15, 0.2) is 138 Å². The van der Waals surface area contributed by atoms with Gasteiger partial charge in [-0.25, -0.2) is 0 Å². The molecular weight excluding hydrogens is 558 g/mol. The minimum atomic E-state index is 1.09. The molecule has 0 aliphatic rings. The molecule has 0 radical (unpaired) electrons. The summed E-state index contributed by atoms with van der Waals surface area (Å²) in [5, 5.41) is 5.20. The lowest BCUT2D eigenvalue weighted by Gasteiger charge is -2.12. The molecule has 0 saturated carbocycles. The van der Waals surface area contributed by atoms with E-state index >= 15 is 0 Å². The minimum absolute atomic E-state index is 1.09. The zero-order chi connectivity index (χ0) is 25.9. The van der Waals surface area contributed by atoms with E-state index in [0.717, 1.165) is 4.47 Å². The zero-order valence-electron chi connectivity index (χ0n) is 20.9. The third-order valence-corrected chi connectivity index (χ3v) is 9.35. The van der Waals surface area contributed by atoms with Crippen LogP contribution in [0.25, 0.3) is 69.9 Å². The van der Waals surface area contributed by atoms with Gasteiger partial charge in [0.05, 0.1) is 11.0 Å². The van der Waals surface area contributed by atoms with Gasteiger partial charge in [-0.15, -0.1) is 11.3 Å². The van der Waals surface area contributed by atoms with Gasteiger partial charge in [0.15, 0.2) is 0 Å². The molecule has 3 heteroatoms. The average Bonchev–Trinajstić information content (AvgIpc) is 3.52. The lowest BCUT2D eigenvalue weighted by Crippen LogP contribution is -1.94. The van der Waals surface area contributed by atoms with E-state index in [0.29, 0.717) is 0 Å². The van der Waals surface area contributed by atoms with Gasteiger partial charge in [-0.1, -0.05) is 107 Å². The van der Waals surface area contributed by atoms with E-state index in [2.05, 4.69) is 154 Å². The maximum atomic E-state index is 3.58. The van der Waals surface area contributed by atoms with Crippen LogP contribution < -0.4 is 0 Å². The van der Waals surface area contributed by atoms with Crippen LogP contribution in [0, 0.1) is 0 Å². The molecule has 0 saturated heterocycles. The van der Waals surface area contributed by atoms with Gasteiger partial charge in [0.2, 0.25) is 0 Å². The summed E-state index contributed by atoms with van der Waals surface area (Å²) in [5.41, 5.74) is 8.54. The van der Waals surface area contributed by atoms with Crippen LogP contribution in [0.2, 0.25) is 0 Å². The fourth-order valence-electron chi connectivity index (χ4n) is 5.89. The summed E-state index contributed by atoms with van der Waals surface area (Å²) < 4.78 is 6.17. The van der Waals surface area contributed by atoms with Crippen molar-refractivity contribution in [1.82, 2.24) is 4.57 Å². The molecule has 0 atom stereocenters. The average molecular weight is 581 g/mol. The molecular formula is C36H22BrNS. The van der Waals surface area contributed by atoms with Crippen molar-refractivity contribution in [2.45, 2.75) is 0 Å². The van der Waals surface area contributed by atoms with E-state index in [4.69, 9.17) is 0 Å². The number of nitrogens with zero attached hydrogens (tertiary/aromatic N) is 1. The number of hydrogen-bond donors (Lipinski definition) is 0. The Kier molecular flexibility index (Phi) is 5.22. The van der Waals surface area contributed by atoms with E-state index in [1.165, 1.54) is 69.9 Å². The molecule has 8 aromatic rings. The van der Waals surface area contributed by atoms with Crippen LogP contribution in [0.5, 0.6) is 0 Å². The standard InChI is InChI=1S/C36H22BrNS/c37-25-16-13-23(14-17-25)27-7-1-2-8-28(27)24-15-19-30-29-9-3-5-11-33(29)38(34(30)21-24)26-18-20-32-31-10-4-6-12-35(31)39-36(32)22-26/h1-22H. The molecule has 0 N–H and O–H groups in total. The van der Waals surface area contributed by atoms with Crippen molar-refractivity contribution in [1.29, 1.82) is 0 Å². The number of thiophene rings is 1. The van der Waals surface area contributed by atoms with Gasteiger partial charge in [-0.05, 0) is 64.7 Å². The lowest BCUT2D eigenvalue weighted by atomic mass is 9.94. The lowest BCUT2D eigenvalue weighted by molar-refractivity contribution is 1.19. The van der Waals surface area contributed by atoms with Crippen LogP contribution in [0.4, 0.5) is 0 Å². The number of rotatable bonds is 3. The summed E-state index contributed by atoms with van der Waals surface area (Å²) in [6, 6.07) is 48.6. The Morgan fingerprint density at radius 1 is 0.462 bits per heavy atom. The Morgan fingerprint density at radius 3 is 1.92 bits per heavy atom. The first-order valence-electron chi connectivity index (χ1n) is 13.0. The second-order valence-corrected chi connectivity index (χ2v) is 11.9. The second-order valence-electron chi connectivity index (χ2n) is 9.92. The van der Waals surface area contributed by atoms with Crippen LogP contribution in [-0.2, 0) is 0 Å². The van der Waals surface area contributed by atoms with Gasteiger partial charge in [0, 0.05) is 41.1 Å². The summed E-state index contributed by atoms with van der Waals surface area (Å²) >= 11 is 5.45. The van der Waals surface area contributed by atoms with Crippen LogP contribution >= 0.6 is 27.3 Å². The zero-order valence-corrected chi connectivity index (χ0v) is 23.3. The van der Waals surface area contributed by atoms with Gasteiger partial charge < -0.3 is 4.57 Å². The Morgan fingerprint density at radius 2 is 1.08 bits per heavy atom. The highest BCUT2D eigenvalue weighted by Gasteiger charge is 2.16. The molecule has 0 fully saturated rings. The predicted molar refractivity (Wildman–Crippen MR) is 172 cm³/mol. The van der Waals surface area contributed by atoms with Crippen molar-refractivity contribution in [3.05, 3.63) is 138 Å². The number of aromatic nitrogens is 1. The summed E-state index contributed by atoms with van der Waals surface area (Å²) in [7, 11) is 0. The highest BCUT2D eigenvalue weighted by molar-refractivity contribution is 9.10. The highest BCUT2D eigenvalue weighted by atomic mass is 79.9. The molecule has 0 aliphatic heterocycles. The molecule has 8 rings (SSSR count).